The van der Waals surface area contributed by atoms with Gasteiger partial charge in [-0.05, 0) is 35.9 Å². The summed E-state index contributed by atoms with van der Waals surface area (Å²) in [5, 5.41) is 3.32. The number of hydrogen-bond donors (Lipinski definition) is 1. The lowest BCUT2D eigenvalue weighted by Gasteiger charge is -2.10. The second kappa shape index (κ2) is 8.77. The Morgan fingerprint density at radius 1 is 1.24 bits per heavy atom. The smallest absolute Gasteiger partial charge is 0.130 e. The van der Waals surface area contributed by atoms with Gasteiger partial charge in [-0.2, -0.15) is 0 Å². The Morgan fingerprint density at radius 2 is 2.14 bits per heavy atom. The molecule has 0 aliphatic heterocycles. The average molecular weight is 351 g/mol. The van der Waals surface area contributed by atoms with Crippen LogP contribution < -0.4 is 10.1 Å². The van der Waals surface area contributed by atoms with Crippen LogP contribution in [0.15, 0.2) is 47.1 Å². The predicted molar refractivity (Wildman–Crippen MR) is 86.3 cm³/mol. The quantitative estimate of drug-likeness (QED) is 0.742. The summed E-state index contributed by atoms with van der Waals surface area (Å²) in [7, 11) is 1.70. The summed E-state index contributed by atoms with van der Waals surface area (Å²) < 4.78 is 11.9. The number of hydrogen-bond acceptors (Lipinski definition) is 4. The molecule has 1 heterocycles. The minimum absolute atomic E-state index is 0.471. The molecule has 1 aromatic heterocycles. The molecular weight excluding hydrogens is 332 g/mol. The fourth-order valence-electron chi connectivity index (χ4n) is 1.81. The van der Waals surface area contributed by atoms with Gasteiger partial charge >= 0.3 is 0 Å². The normalized spacial score (nSPS) is 10.6. The second-order valence-electron chi connectivity index (χ2n) is 4.53. The van der Waals surface area contributed by atoms with Crippen molar-refractivity contribution in [3.63, 3.8) is 0 Å². The Balaban J connectivity index is 1.91. The number of methoxy groups -OCH3 is 1. The van der Waals surface area contributed by atoms with E-state index in [1.165, 1.54) is 0 Å². The molecule has 4 nitrogen and oxygen atoms in total. The van der Waals surface area contributed by atoms with Crippen molar-refractivity contribution in [1.29, 1.82) is 0 Å². The molecule has 0 atom stereocenters. The van der Waals surface area contributed by atoms with Gasteiger partial charge in [-0.25, -0.2) is 0 Å². The molecule has 0 spiro atoms. The Labute approximate surface area is 133 Å². The molecule has 5 heteroatoms. The standard InChI is InChI=1S/C16H19BrN2O2/c1-20-9-8-18-11-13-10-15(5-6-16(13)17)21-12-14-4-2-3-7-19-14/h2-7,10,18H,8-9,11-12H2,1H3. The highest BCUT2D eigenvalue weighted by Crippen LogP contribution is 2.23. The first kappa shape index (κ1) is 15.9. The predicted octanol–water partition coefficient (Wildman–Crippen LogP) is 3.16. The van der Waals surface area contributed by atoms with Crippen LogP contribution in [-0.2, 0) is 17.9 Å². The molecule has 2 aromatic rings. The van der Waals surface area contributed by atoms with Crippen LogP contribution in [0, 0.1) is 0 Å². The first-order valence-corrected chi connectivity index (χ1v) is 7.59. The number of rotatable bonds is 8. The number of nitrogens with zero attached hydrogens (tertiary/aromatic N) is 1. The second-order valence-corrected chi connectivity index (χ2v) is 5.39. The van der Waals surface area contributed by atoms with Crippen LogP contribution in [0.1, 0.15) is 11.3 Å². The van der Waals surface area contributed by atoms with Crippen LogP contribution in [-0.4, -0.2) is 25.2 Å². The summed E-state index contributed by atoms with van der Waals surface area (Å²) >= 11 is 3.56. The number of ether oxygens (including phenoxy) is 2. The van der Waals surface area contributed by atoms with Crippen molar-refractivity contribution in [2.24, 2.45) is 0 Å². The van der Waals surface area contributed by atoms with Crippen LogP contribution in [0.2, 0.25) is 0 Å². The monoisotopic (exact) mass is 350 g/mol. The van der Waals surface area contributed by atoms with Crippen molar-refractivity contribution in [1.82, 2.24) is 10.3 Å². The van der Waals surface area contributed by atoms with Crippen LogP contribution in [0.4, 0.5) is 0 Å². The highest BCUT2D eigenvalue weighted by molar-refractivity contribution is 9.10. The summed E-state index contributed by atoms with van der Waals surface area (Å²) in [6.07, 6.45) is 1.77. The third-order valence-corrected chi connectivity index (χ3v) is 3.70. The molecule has 112 valence electrons. The number of benzene rings is 1. The van der Waals surface area contributed by atoms with Crippen molar-refractivity contribution in [3.05, 3.63) is 58.3 Å². The molecule has 1 aromatic carbocycles. The molecule has 0 radical (unpaired) electrons. The molecule has 0 bridgehead atoms. The number of aromatic nitrogens is 1. The van der Waals surface area contributed by atoms with Crippen LogP contribution in [0.5, 0.6) is 5.75 Å². The molecule has 0 saturated heterocycles. The third-order valence-electron chi connectivity index (χ3n) is 2.93. The maximum atomic E-state index is 5.78. The molecule has 1 N–H and O–H groups in total. The van der Waals surface area contributed by atoms with Crippen LogP contribution in [0.3, 0.4) is 0 Å². The lowest BCUT2D eigenvalue weighted by molar-refractivity contribution is 0.199. The maximum Gasteiger partial charge on any atom is 0.130 e. The van der Waals surface area contributed by atoms with Gasteiger partial charge in [-0.3, -0.25) is 4.98 Å². The Kier molecular flexibility index (Phi) is 6.66. The fourth-order valence-corrected chi connectivity index (χ4v) is 2.20. The highest BCUT2D eigenvalue weighted by Gasteiger charge is 2.03. The van der Waals surface area contributed by atoms with Gasteiger partial charge in [0, 0.05) is 30.9 Å². The van der Waals surface area contributed by atoms with Gasteiger partial charge in [-0.15, -0.1) is 0 Å². The molecule has 2 rings (SSSR count). The number of halogens is 1. The van der Waals surface area contributed by atoms with Gasteiger partial charge in [0.2, 0.25) is 0 Å². The maximum absolute atomic E-state index is 5.78. The summed E-state index contributed by atoms with van der Waals surface area (Å²) in [6, 6.07) is 11.8. The highest BCUT2D eigenvalue weighted by atomic mass is 79.9. The Hall–Kier alpha value is -1.43. The van der Waals surface area contributed by atoms with E-state index in [4.69, 9.17) is 9.47 Å². The zero-order valence-corrected chi connectivity index (χ0v) is 13.6. The van der Waals surface area contributed by atoms with Gasteiger partial charge in [0.1, 0.15) is 12.4 Å². The summed E-state index contributed by atoms with van der Waals surface area (Å²) in [5.74, 6) is 0.840. The van der Waals surface area contributed by atoms with E-state index >= 15 is 0 Å². The van der Waals surface area contributed by atoms with Gasteiger partial charge in [-0.1, -0.05) is 22.0 Å². The van der Waals surface area contributed by atoms with E-state index < -0.39 is 0 Å². The summed E-state index contributed by atoms with van der Waals surface area (Å²) in [4.78, 5) is 4.24. The lowest BCUT2D eigenvalue weighted by atomic mass is 10.2. The van der Waals surface area contributed by atoms with Crippen LogP contribution >= 0.6 is 15.9 Å². The van der Waals surface area contributed by atoms with Crippen molar-refractivity contribution in [2.45, 2.75) is 13.2 Å². The van der Waals surface area contributed by atoms with Crippen molar-refractivity contribution in [2.75, 3.05) is 20.3 Å². The summed E-state index contributed by atoms with van der Waals surface area (Å²) in [5.41, 5.74) is 2.07. The zero-order chi connectivity index (χ0) is 14.9. The van der Waals surface area contributed by atoms with Crippen molar-refractivity contribution < 1.29 is 9.47 Å². The van der Waals surface area contributed by atoms with E-state index in [0.717, 1.165) is 34.6 Å². The molecule has 0 aliphatic rings. The number of nitrogens with one attached hydrogen (secondary N) is 1. The topological polar surface area (TPSA) is 43.4 Å². The van der Waals surface area contributed by atoms with E-state index in [9.17, 15) is 0 Å². The van der Waals surface area contributed by atoms with E-state index in [-0.39, 0.29) is 0 Å². The van der Waals surface area contributed by atoms with Crippen molar-refractivity contribution >= 4 is 15.9 Å². The molecule has 0 amide bonds. The number of pyridine rings is 1. The average Bonchev–Trinajstić information content (AvgIpc) is 2.53. The molecule has 0 aliphatic carbocycles. The van der Waals surface area contributed by atoms with E-state index in [0.29, 0.717) is 13.2 Å². The third kappa shape index (κ3) is 5.46. The molecule has 21 heavy (non-hydrogen) atoms. The van der Waals surface area contributed by atoms with E-state index in [2.05, 4.69) is 26.2 Å². The molecule has 0 saturated carbocycles. The SMILES string of the molecule is COCCNCc1cc(OCc2ccccn2)ccc1Br. The zero-order valence-electron chi connectivity index (χ0n) is 12.0. The molecule has 0 fully saturated rings. The minimum Gasteiger partial charge on any atom is -0.487 e. The molecular formula is C16H19BrN2O2. The van der Waals surface area contributed by atoms with Crippen molar-refractivity contribution in [3.8, 4) is 5.75 Å². The van der Waals surface area contributed by atoms with Gasteiger partial charge in [0.15, 0.2) is 0 Å². The molecule has 0 unspecified atom stereocenters. The fraction of sp³-hybridized carbons (Fsp3) is 0.312. The van der Waals surface area contributed by atoms with E-state index in [1.807, 2.05) is 36.4 Å². The van der Waals surface area contributed by atoms with Crippen LogP contribution in [0.25, 0.3) is 0 Å². The minimum atomic E-state index is 0.471. The first-order chi connectivity index (χ1) is 10.3. The van der Waals surface area contributed by atoms with Gasteiger partial charge in [0.05, 0.1) is 12.3 Å². The van der Waals surface area contributed by atoms with E-state index in [1.54, 1.807) is 13.3 Å². The first-order valence-electron chi connectivity index (χ1n) is 6.80. The largest absolute Gasteiger partial charge is 0.487 e. The Bertz CT molecular complexity index is 549. The van der Waals surface area contributed by atoms with Gasteiger partial charge in [0.25, 0.3) is 0 Å². The van der Waals surface area contributed by atoms with Gasteiger partial charge < -0.3 is 14.8 Å². The Morgan fingerprint density at radius 3 is 2.90 bits per heavy atom. The lowest BCUT2D eigenvalue weighted by Crippen LogP contribution is -2.18. The summed E-state index contributed by atoms with van der Waals surface area (Å²) in [6.45, 7) is 2.76.